The van der Waals surface area contributed by atoms with Crippen LogP contribution < -0.4 is 0 Å². The fraction of sp³-hybridized carbons (Fsp3) is 0.250. The molecule has 0 amide bonds. The van der Waals surface area contributed by atoms with Gasteiger partial charge in [-0.15, -0.1) is 0 Å². The van der Waals surface area contributed by atoms with E-state index in [-0.39, 0.29) is 0 Å². The highest BCUT2D eigenvalue weighted by atomic mass is 32.2. The molecule has 2 aromatic carbocycles. The summed E-state index contributed by atoms with van der Waals surface area (Å²) in [7, 11) is 0. The molecule has 0 saturated heterocycles. The van der Waals surface area contributed by atoms with Gasteiger partial charge in [0.15, 0.2) is 0 Å². The first-order valence-electron chi connectivity index (χ1n) is 6.09. The smallest absolute Gasteiger partial charge is 0.0761 e. The zero-order valence-electron chi connectivity index (χ0n) is 11.0. The molecule has 18 heavy (non-hydrogen) atoms. The van der Waals surface area contributed by atoms with Crippen LogP contribution in [0.4, 0.5) is 0 Å². The topological polar surface area (TPSA) is 20.2 Å². The molecule has 0 aliphatic rings. The molecule has 0 aliphatic heterocycles. The predicted molar refractivity (Wildman–Crippen MR) is 77.1 cm³/mol. The van der Waals surface area contributed by atoms with E-state index in [0.717, 1.165) is 5.56 Å². The van der Waals surface area contributed by atoms with Gasteiger partial charge in [0.25, 0.3) is 0 Å². The molecule has 0 fully saturated rings. The Morgan fingerprint density at radius 2 is 1.50 bits per heavy atom. The van der Waals surface area contributed by atoms with Crippen LogP contribution in [0.1, 0.15) is 29.7 Å². The monoisotopic (exact) mass is 258 g/mol. The van der Waals surface area contributed by atoms with Gasteiger partial charge in [0.05, 0.1) is 6.10 Å². The molecule has 0 spiro atoms. The first-order chi connectivity index (χ1) is 8.56. The number of benzene rings is 2. The molecule has 0 aromatic heterocycles. The number of hydrogen-bond donors (Lipinski definition) is 1. The van der Waals surface area contributed by atoms with E-state index in [1.54, 1.807) is 18.7 Å². The number of hydrogen-bond acceptors (Lipinski definition) is 2. The van der Waals surface area contributed by atoms with Crippen LogP contribution in [0.5, 0.6) is 0 Å². The molecule has 2 heteroatoms. The first kappa shape index (κ1) is 13.2. The van der Waals surface area contributed by atoms with E-state index in [1.807, 2.05) is 12.1 Å². The fourth-order valence-corrected chi connectivity index (χ4v) is 2.64. The Morgan fingerprint density at radius 1 is 0.889 bits per heavy atom. The summed E-state index contributed by atoms with van der Waals surface area (Å²) in [6.07, 6.45) is -0.398. The second-order valence-corrected chi connectivity index (χ2v) is 5.74. The maximum Gasteiger partial charge on any atom is 0.0761 e. The Morgan fingerprint density at radius 3 is 2.06 bits per heavy atom. The van der Waals surface area contributed by atoms with Gasteiger partial charge in [-0.1, -0.05) is 30.0 Å². The molecule has 0 heterocycles. The summed E-state index contributed by atoms with van der Waals surface area (Å²) in [6, 6.07) is 14.6. The molecule has 1 N–H and O–H groups in total. The highest BCUT2D eigenvalue weighted by molar-refractivity contribution is 7.99. The molecule has 1 atom stereocenters. The molecular formula is C16H18OS. The highest BCUT2D eigenvalue weighted by Crippen LogP contribution is 2.29. The van der Waals surface area contributed by atoms with Gasteiger partial charge in [-0.2, -0.15) is 0 Å². The summed E-state index contributed by atoms with van der Waals surface area (Å²) in [4.78, 5) is 2.45. The third-order valence-electron chi connectivity index (χ3n) is 3.08. The number of aliphatic hydroxyl groups is 1. The minimum absolute atomic E-state index is 0.398. The zero-order chi connectivity index (χ0) is 13.1. The van der Waals surface area contributed by atoms with Gasteiger partial charge in [-0.25, -0.2) is 0 Å². The largest absolute Gasteiger partial charge is 0.389 e. The Bertz CT molecular complexity index is 529. The van der Waals surface area contributed by atoms with Crippen LogP contribution in [0.3, 0.4) is 0 Å². The van der Waals surface area contributed by atoms with Gasteiger partial charge in [0, 0.05) is 9.79 Å². The van der Waals surface area contributed by atoms with Crippen LogP contribution in [0.25, 0.3) is 0 Å². The van der Waals surface area contributed by atoms with Gasteiger partial charge >= 0.3 is 0 Å². The summed E-state index contributed by atoms with van der Waals surface area (Å²) in [5, 5.41) is 9.46. The molecule has 0 radical (unpaired) electrons. The van der Waals surface area contributed by atoms with Crippen LogP contribution in [0.2, 0.25) is 0 Å². The van der Waals surface area contributed by atoms with Crippen molar-refractivity contribution >= 4 is 11.8 Å². The molecule has 0 aliphatic carbocycles. The van der Waals surface area contributed by atoms with Crippen molar-refractivity contribution in [3.05, 3.63) is 59.2 Å². The van der Waals surface area contributed by atoms with Crippen molar-refractivity contribution in [3.63, 3.8) is 0 Å². The number of aryl methyl sites for hydroxylation is 2. The second-order valence-electron chi connectivity index (χ2n) is 4.59. The summed E-state index contributed by atoms with van der Waals surface area (Å²) in [6.45, 7) is 6.04. The maximum atomic E-state index is 9.46. The lowest BCUT2D eigenvalue weighted by molar-refractivity contribution is 0.199. The first-order valence-corrected chi connectivity index (χ1v) is 6.91. The lowest BCUT2D eigenvalue weighted by atomic mass is 10.1. The predicted octanol–water partition coefficient (Wildman–Crippen LogP) is 4.51. The highest BCUT2D eigenvalue weighted by Gasteiger charge is 2.02. The van der Waals surface area contributed by atoms with Crippen molar-refractivity contribution < 1.29 is 5.11 Å². The molecule has 2 rings (SSSR count). The molecular weight excluding hydrogens is 240 g/mol. The van der Waals surface area contributed by atoms with E-state index in [4.69, 9.17) is 0 Å². The molecule has 0 bridgehead atoms. The van der Waals surface area contributed by atoms with Gasteiger partial charge in [0.2, 0.25) is 0 Å². The van der Waals surface area contributed by atoms with Crippen molar-refractivity contribution in [1.82, 2.24) is 0 Å². The van der Waals surface area contributed by atoms with E-state index in [0.29, 0.717) is 0 Å². The minimum atomic E-state index is -0.398. The lowest BCUT2D eigenvalue weighted by Crippen LogP contribution is -1.89. The van der Waals surface area contributed by atoms with Crippen LogP contribution >= 0.6 is 11.8 Å². The van der Waals surface area contributed by atoms with Crippen LogP contribution in [0.15, 0.2) is 52.3 Å². The summed E-state index contributed by atoms with van der Waals surface area (Å²) < 4.78 is 0. The molecule has 94 valence electrons. The summed E-state index contributed by atoms with van der Waals surface area (Å²) >= 11 is 1.75. The average Bonchev–Trinajstić information content (AvgIpc) is 2.34. The molecule has 0 unspecified atom stereocenters. The maximum absolute atomic E-state index is 9.46. The van der Waals surface area contributed by atoms with Crippen LogP contribution in [-0.2, 0) is 0 Å². The quantitative estimate of drug-likeness (QED) is 0.874. The van der Waals surface area contributed by atoms with Gasteiger partial charge in [-0.3, -0.25) is 0 Å². The van der Waals surface area contributed by atoms with Gasteiger partial charge in [-0.05, 0) is 61.7 Å². The number of rotatable bonds is 3. The minimum Gasteiger partial charge on any atom is -0.389 e. The lowest BCUT2D eigenvalue weighted by Gasteiger charge is -2.07. The van der Waals surface area contributed by atoms with Gasteiger partial charge < -0.3 is 5.11 Å². The normalized spacial score (nSPS) is 12.4. The third kappa shape index (κ3) is 3.15. The Hall–Kier alpha value is -1.25. The molecule has 0 saturated carbocycles. The summed E-state index contributed by atoms with van der Waals surface area (Å²) in [5.74, 6) is 0. The SMILES string of the molecule is Cc1ccc(Sc2ccc([C@@H](C)O)cc2)cc1C. The number of aliphatic hydroxyl groups excluding tert-OH is 1. The molecule has 2 aromatic rings. The van der Waals surface area contributed by atoms with Crippen LogP contribution in [-0.4, -0.2) is 5.11 Å². The summed E-state index contributed by atoms with van der Waals surface area (Å²) in [5.41, 5.74) is 3.60. The molecule has 1 nitrogen and oxygen atoms in total. The fourth-order valence-electron chi connectivity index (χ4n) is 1.73. The second kappa shape index (κ2) is 5.59. The van der Waals surface area contributed by atoms with E-state index in [1.165, 1.54) is 20.9 Å². The Kier molecular flexibility index (Phi) is 4.10. The van der Waals surface area contributed by atoms with E-state index < -0.39 is 6.10 Å². The Balaban J connectivity index is 2.15. The third-order valence-corrected chi connectivity index (χ3v) is 4.07. The van der Waals surface area contributed by atoms with Crippen molar-refractivity contribution in [2.45, 2.75) is 36.7 Å². The van der Waals surface area contributed by atoms with E-state index in [2.05, 4.69) is 44.2 Å². The van der Waals surface area contributed by atoms with Crippen molar-refractivity contribution in [2.24, 2.45) is 0 Å². The Labute approximate surface area is 113 Å². The van der Waals surface area contributed by atoms with Crippen LogP contribution in [0, 0.1) is 13.8 Å². The standard InChI is InChI=1S/C16H18OS/c1-11-4-7-16(10-12(11)2)18-15-8-5-14(6-9-15)13(3)17/h4-10,13,17H,1-3H3/t13-/m1/s1. The van der Waals surface area contributed by atoms with E-state index >= 15 is 0 Å². The van der Waals surface area contributed by atoms with E-state index in [9.17, 15) is 5.11 Å². The van der Waals surface area contributed by atoms with Gasteiger partial charge in [0.1, 0.15) is 0 Å². The van der Waals surface area contributed by atoms with Crippen molar-refractivity contribution in [3.8, 4) is 0 Å². The van der Waals surface area contributed by atoms with Crippen molar-refractivity contribution in [1.29, 1.82) is 0 Å². The zero-order valence-corrected chi connectivity index (χ0v) is 11.8. The average molecular weight is 258 g/mol. The van der Waals surface area contributed by atoms with Crippen molar-refractivity contribution in [2.75, 3.05) is 0 Å².